The largest absolute Gasteiger partial charge is 0.325 e. The Hall–Kier alpha value is -2.04. The second-order valence-corrected chi connectivity index (χ2v) is 5.18. The van der Waals surface area contributed by atoms with Crippen LogP contribution >= 0.6 is 23.2 Å². The summed E-state index contributed by atoms with van der Waals surface area (Å²) in [6.07, 6.45) is 0. The molecule has 0 spiro atoms. The molecule has 0 bridgehead atoms. The number of hydrogen-bond acceptors (Lipinski definition) is 2. The predicted octanol–water partition coefficient (Wildman–Crippen LogP) is 4.20. The zero-order chi connectivity index (χ0) is 15.4. The number of rotatable bonds is 3. The monoisotopic (exact) mass is 322 g/mol. The maximum atomic E-state index is 12.0. The quantitative estimate of drug-likeness (QED) is 0.889. The normalized spacial score (nSPS) is 10.0. The van der Waals surface area contributed by atoms with Crippen molar-refractivity contribution in [3.8, 4) is 0 Å². The predicted molar refractivity (Wildman–Crippen MR) is 85.2 cm³/mol. The Morgan fingerprint density at radius 1 is 0.952 bits per heavy atom. The van der Waals surface area contributed by atoms with E-state index in [0.717, 1.165) is 0 Å². The molecule has 108 valence electrons. The molecule has 0 atom stereocenters. The number of nitrogens with one attached hydrogen (secondary N) is 2. The Morgan fingerprint density at radius 2 is 1.62 bits per heavy atom. The van der Waals surface area contributed by atoms with Crippen LogP contribution in [0.5, 0.6) is 0 Å². The highest BCUT2D eigenvalue weighted by atomic mass is 35.5. The van der Waals surface area contributed by atoms with Crippen molar-refractivity contribution in [1.82, 2.24) is 0 Å². The first-order valence-corrected chi connectivity index (χ1v) is 6.85. The van der Waals surface area contributed by atoms with Gasteiger partial charge in [-0.2, -0.15) is 0 Å². The molecule has 4 nitrogen and oxygen atoms in total. The number of carbonyl (C=O) groups excluding carboxylic acids is 2. The highest BCUT2D eigenvalue weighted by Crippen LogP contribution is 2.25. The van der Waals surface area contributed by atoms with E-state index in [1.807, 2.05) is 0 Å². The van der Waals surface area contributed by atoms with E-state index in [1.54, 1.807) is 42.5 Å². The van der Waals surface area contributed by atoms with E-state index < -0.39 is 0 Å². The third kappa shape index (κ3) is 4.21. The van der Waals surface area contributed by atoms with E-state index in [1.165, 1.54) is 6.92 Å². The van der Waals surface area contributed by atoms with Crippen LogP contribution in [0.3, 0.4) is 0 Å². The van der Waals surface area contributed by atoms with E-state index in [-0.39, 0.29) is 11.8 Å². The molecule has 0 radical (unpaired) electrons. The Kier molecular flexibility index (Phi) is 4.83. The fraction of sp³-hybridized carbons (Fsp3) is 0.0667. The van der Waals surface area contributed by atoms with Crippen LogP contribution in [0.15, 0.2) is 42.5 Å². The van der Waals surface area contributed by atoms with Crippen molar-refractivity contribution in [2.45, 2.75) is 6.92 Å². The van der Waals surface area contributed by atoms with Crippen LogP contribution < -0.4 is 10.6 Å². The summed E-state index contributed by atoms with van der Waals surface area (Å²) in [5.41, 5.74) is 1.52. The number of anilines is 2. The Morgan fingerprint density at radius 3 is 2.19 bits per heavy atom. The van der Waals surface area contributed by atoms with Crippen LogP contribution in [0.1, 0.15) is 17.3 Å². The van der Waals surface area contributed by atoms with Gasteiger partial charge in [-0.15, -0.1) is 0 Å². The molecule has 2 aromatic carbocycles. The van der Waals surface area contributed by atoms with Gasteiger partial charge in [-0.05, 0) is 42.5 Å². The molecule has 2 aromatic rings. The van der Waals surface area contributed by atoms with Crippen molar-refractivity contribution >= 4 is 46.4 Å². The molecule has 0 saturated heterocycles. The minimum Gasteiger partial charge on any atom is -0.325 e. The van der Waals surface area contributed by atoms with Crippen LogP contribution in [-0.4, -0.2) is 11.8 Å². The van der Waals surface area contributed by atoms with Gasteiger partial charge in [-0.3, -0.25) is 9.59 Å². The number of hydrogen-bond donors (Lipinski definition) is 2. The van der Waals surface area contributed by atoms with Crippen molar-refractivity contribution in [3.63, 3.8) is 0 Å². The number of amides is 2. The summed E-state index contributed by atoms with van der Waals surface area (Å²) in [5.74, 6) is -0.482. The van der Waals surface area contributed by atoms with E-state index in [0.29, 0.717) is 27.0 Å². The topological polar surface area (TPSA) is 58.2 Å². The van der Waals surface area contributed by atoms with Crippen LogP contribution in [0.4, 0.5) is 11.4 Å². The number of carbonyl (C=O) groups is 2. The van der Waals surface area contributed by atoms with E-state index in [2.05, 4.69) is 10.6 Å². The summed E-state index contributed by atoms with van der Waals surface area (Å²) in [6.45, 7) is 1.40. The molecule has 0 aromatic heterocycles. The molecule has 0 saturated carbocycles. The van der Waals surface area contributed by atoms with Gasteiger partial charge in [-0.1, -0.05) is 23.2 Å². The second kappa shape index (κ2) is 6.61. The van der Waals surface area contributed by atoms with Gasteiger partial charge < -0.3 is 10.6 Å². The molecule has 0 aliphatic rings. The molecule has 21 heavy (non-hydrogen) atoms. The van der Waals surface area contributed by atoms with Gasteiger partial charge in [0, 0.05) is 23.2 Å². The van der Waals surface area contributed by atoms with Gasteiger partial charge >= 0.3 is 0 Å². The van der Waals surface area contributed by atoms with Crippen molar-refractivity contribution in [2.24, 2.45) is 0 Å². The Bertz CT molecular complexity index is 685. The average Bonchev–Trinajstić information content (AvgIpc) is 2.42. The first-order chi connectivity index (χ1) is 9.95. The summed E-state index contributed by atoms with van der Waals surface area (Å²) in [7, 11) is 0. The molecule has 0 fully saturated rings. The summed E-state index contributed by atoms with van der Waals surface area (Å²) in [5, 5.41) is 6.22. The summed E-state index contributed by atoms with van der Waals surface area (Å²) in [6, 6.07) is 11.4. The van der Waals surface area contributed by atoms with Gasteiger partial charge in [0.1, 0.15) is 0 Å². The molecule has 0 unspecified atom stereocenters. The maximum absolute atomic E-state index is 12.0. The lowest BCUT2D eigenvalue weighted by Crippen LogP contribution is -2.12. The molecule has 0 heterocycles. The molecule has 2 rings (SSSR count). The van der Waals surface area contributed by atoms with Gasteiger partial charge in [-0.25, -0.2) is 0 Å². The van der Waals surface area contributed by atoms with E-state index in [9.17, 15) is 9.59 Å². The van der Waals surface area contributed by atoms with Crippen molar-refractivity contribution in [2.75, 3.05) is 10.6 Å². The third-order valence-corrected chi connectivity index (χ3v) is 3.21. The third-order valence-electron chi connectivity index (χ3n) is 2.64. The Labute approximate surface area is 132 Å². The van der Waals surface area contributed by atoms with Crippen molar-refractivity contribution in [1.29, 1.82) is 0 Å². The fourth-order valence-electron chi connectivity index (χ4n) is 1.69. The van der Waals surface area contributed by atoms with Gasteiger partial charge in [0.2, 0.25) is 5.91 Å². The maximum Gasteiger partial charge on any atom is 0.255 e. The molecule has 2 amide bonds. The molecule has 2 N–H and O–H groups in total. The smallest absolute Gasteiger partial charge is 0.255 e. The van der Waals surface area contributed by atoms with Gasteiger partial charge in [0.15, 0.2) is 0 Å². The van der Waals surface area contributed by atoms with E-state index in [4.69, 9.17) is 23.2 Å². The number of halogens is 2. The van der Waals surface area contributed by atoms with Crippen LogP contribution in [0.2, 0.25) is 10.0 Å². The lowest BCUT2D eigenvalue weighted by Gasteiger charge is -2.09. The summed E-state index contributed by atoms with van der Waals surface area (Å²) >= 11 is 11.8. The number of benzene rings is 2. The van der Waals surface area contributed by atoms with Crippen LogP contribution in [0, 0.1) is 0 Å². The highest BCUT2D eigenvalue weighted by Gasteiger charge is 2.08. The summed E-state index contributed by atoms with van der Waals surface area (Å²) < 4.78 is 0. The lowest BCUT2D eigenvalue weighted by molar-refractivity contribution is -0.114. The molecule has 6 heteroatoms. The van der Waals surface area contributed by atoms with Crippen molar-refractivity contribution in [3.05, 3.63) is 58.1 Å². The first kappa shape index (κ1) is 15.4. The first-order valence-electron chi connectivity index (χ1n) is 6.10. The Balaban J connectivity index is 2.12. The van der Waals surface area contributed by atoms with Gasteiger partial charge in [0.25, 0.3) is 5.91 Å². The SMILES string of the molecule is CC(=O)Nc1ccc(NC(=O)c2ccc(Cl)cc2)cc1Cl. The van der Waals surface area contributed by atoms with Crippen LogP contribution in [-0.2, 0) is 4.79 Å². The van der Waals surface area contributed by atoms with E-state index >= 15 is 0 Å². The average molecular weight is 323 g/mol. The van der Waals surface area contributed by atoms with Gasteiger partial charge in [0.05, 0.1) is 10.7 Å². The molecular formula is C15H12Cl2N2O2. The fourth-order valence-corrected chi connectivity index (χ4v) is 2.04. The zero-order valence-corrected chi connectivity index (χ0v) is 12.6. The van der Waals surface area contributed by atoms with Crippen molar-refractivity contribution < 1.29 is 9.59 Å². The minimum atomic E-state index is -0.269. The lowest BCUT2D eigenvalue weighted by atomic mass is 10.2. The summed E-state index contributed by atoms with van der Waals surface area (Å²) in [4.78, 5) is 23.0. The molecule has 0 aliphatic heterocycles. The molecular weight excluding hydrogens is 311 g/mol. The van der Waals surface area contributed by atoms with Crippen LogP contribution in [0.25, 0.3) is 0 Å². The minimum absolute atomic E-state index is 0.213. The standard InChI is InChI=1S/C15H12Cl2N2O2/c1-9(20)18-14-7-6-12(8-13(14)17)19-15(21)10-2-4-11(16)5-3-10/h2-8H,1H3,(H,18,20)(H,19,21). The molecule has 0 aliphatic carbocycles. The highest BCUT2D eigenvalue weighted by molar-refractivity contribution is 6.34. The second-order valence-electron chi connectivity index (χ2n) is 4.34. The zero-order valence-electron chi connectivity index (χ0n) is 11.1.